The zero-order chi connectivity index (χ0) is 8.81. The number of rotatable bonds is 1. The number of allylic oxidation sites excluding steroid dienone is 4. The van der Waals surface area contributed by atoms with Gasteiger partial charge in [-0.15, -0.1) is 34.0 Å². The average molecular weight is 496 g/mol. The Balaban J connectivity index is 0. The monoisotopic (exact) mass is 495 g/mol. The number of halogens is 2. The first-order valence-corrected chi connectivity index (χ1v) is 28.8. The topological polar surface area (TPSA) is 0 Å². The van der Waals surface area contributed by atoms with Gasteiger partial charge >= 0.3 is 69.3 Å². The third kappa shape index (κ3) is 5.24. The SMILES string of the molecule is Br.Br.[CH3][Hf]([CH3])([CH3])([CH3])(=[SiH2])[C]1=CC=CC1. The van der Waals surface area contributed by atoms with Crippen molar-refractivity contribution in [2.75, 3.05) is 0 Å². The van der Waals surface area contributed by atoms with Gasteiger partial charge in [-0.05, 0) is 0 Å². The summed E-state index contributed by atoms with van der Waals surface area (Å²) < 4.78 is 11.8. The molecule has 0 radical (unpaired) electrons. The zero-order valence-electron chi connectivity index (χ0n) is 8.96. The maximum atomic E-state index is 2.52. The van der Waals surface area contributed by atoms with Crippen molar-refractivity contribution in [1.82, 2.24) is 0 Å². The van der Waals surface area contributed by atoms with Crippen LogP contribution < -0.4 is 0 Å². The van der Waals surface area contributed by atoms with Gasteiger partial charge in [0.05, 0.1) is 0 Å². The fourth-order valence-corrected chi connectivity index (χ4v) is 10.5. The molecule has 0 heterocycles. The molecule has 1 rings (SSSR count). The Morgan fingerprint density at radius 3 is 1.77 bits per heavy atom. The van der Waals surface area contributed by atoms with Crippen LogP contribution in [0.25, 0.3) is 0 Å². The van der Waals surface area contributed by atoms with Crippen molar-refractivity contribution < 1.29 is 15.7 Å². The van der Waals surface area contributed by atoms with Crippen LogP contribution in [0.15, 0.2) is 21.6 Å². The summed E-state index contributed by atoms with van der Waals surface area (Å²) in [4.78, 5) is 0. The van der Waals surface area contributed by atoms with E-state index in [1.54, 1.807) is 3.33 Å². The average Bonchev–Trinajstić information content (AvgIpc) is 2.01. The van der Waals surface area contributed by atoms with E-state index in [1.807, 2.05) is 0 Å². The van der Waals surface area contributed by atoms with Crippen LogP contribution in [0.2, 0.25) is 18.7 Å². The van der Waals surface area contributed by atoms with Crippen LogP contribution in [0, 0.1) is 0 Å². The van der Waals surface area contributed by atoms with E-state index in [0.717, 1.165) is 0 Å². The Kier molecular flexibility index (Phi) is 5.00. The van der Waals surface area contributed by atoms with Crippen LogP contribution in [0.5, 0.6) is 0 Å². The minimum atomic E-state index is -2.84. The van der Waals surface area contributed by atoms with Crippen molar-refractivity contribution in [3.63, 3.8) is 0 Å². The van der Waals surface area contributed by atoms with Crippen LogP contribution in [0.1, 0.15) is 6.42 Å². The fourth-order valence-electron chi connectivity index (χ4n) is 1.32. The number of hydrogen-bond donors (Lipinski definition) is 0. The van der Waals surface area contributed by atoms with Crippen molar-refractivity contribution in [3.05, 3.63) is 21.6 Å². The Morgan fingerprint density at radius 2 is 1.62 bits per heavy atom. The molecular formula is C9H21Br2HfSi. The summed E-state index contributed by atoms with van der Waals surface area (Å²) in [5.41, 5.74) is 0. The Hall–Kier alpha value is 1.53. The van der Waals surface area contributed by atoms with Crippen molar-refractivity contribution in [1.29, 1.82) is 0 Å². The molecule has 0 aromatic rings. The molecular weight excluding hydrogens is 474 g/mol. The molecule has 4 heteroatoms. The molecule has 0 amide bonds. The molecule has 0 aromatic carbocycles. The third-order valence-electron chi connectivity index (χ3n) is 2.28. The van der Waals surface area contributed by atoms with E-state index in [4.69, 9.17) is 0 Å². The third-order valence-corrected chi connectivity index (χ3v) is 18.2. The number of hydrogen-bond acceptors (Lipinski definition) is 0. The normalized spacial score (nSPS) is 20.5. The predicted molar refractivity (Wildman–Crippen MR) is 74.5 cm³/mol. The Labute approximate surface area is 102 Å². The van der Waals surface area contributed by atoms with Crippen LogP contribution in [0.3, 0.4) is 0 Å². The van der Waals surface area contributed by atoms with Gasteiger partial charge in [0.1, 0.15) is 0 Å². The first kappa shape index (κ1) is 16.9. The standard InChI is InChI=1S/C5H5.4CH3.2BrH.Hf.H2Si/c1-2-4-5-3-1;;;;;;;;/h1-3H,4H2;4*1H3;2*1H;;1H2. The first-order chi connectivity index (χ1) is 4.59. The summed E-state index contributed by atoms with van der Waals surface area (Å²) in [6.45, 7) is 2.28. The van der Waals surface area contributed by atoms with Gasteiger partial charge in [-0.3, -0.25) is 0 Å². The molecule has 1 aliphatic carbocycles. The van der Waals surface area contributed by atoms with E-state index in [0.29, 0.717) is 0 Å². The molecule has 0 atom stereocenters. The van der Waals surface area contributed by atoms with Crippen molar-refractivity contribution in [3.8, 4) is 0 Å². The van der Waals surface area contributed by atoms with Gasteiger partial charge in [-0.2, -0.15) is 0 Å². The van der Waals surface area contributed by atoms with Gasteiger partial charge < -0.3 is 0 Å². The molecule has 0 saturated carbocycles. The molecule has 0 saturated heterocycles. The van der Waals surface area contributed by atoms with E-state index in [2.05, 4.69) is 43.9 Å². The molecule has 0 aromatic heterocycles. The van der Waals surface area contributed by atoms with E-state index in [-0.39, 0.29) is 34.0 Å². The molecule has 0 nitrogen and oxygen atoms in total. The summed E-state index contributed by atoms with van der Waals surface area (Å²) in [7, 11) is 0. The molecule has 1 aliphatic rings. The maximum absolute atomic E-state index is 2.84. The van der Waals surface area contributed by atoms with Gasteiger partial charge in [-0.1, -0.05) is 0 Å². The van der Waals surface area contributed by atoms with Gasteiger partial charge in [0, 0.05) is 0 Å². The molecule has 13 heavy (non-hydrogen) atoms. The molecule has 0 N–H and O–H groups in total. The second kappa shape index (κ2) is 3.83. The van der Waals surface area contributed by atoms with Gasteiger partial charge in [0.25, 0.3) is 0 Å². The molecule has 0 aliphatic heterocycles. The predicted octanol–water partition coefficient (Wildman–Crippen LogP) is 3.95. The van der Waals surface area contributed by atoms with Crippen molar-refractivity contribution in [2.24, 2.45) is 0 Å². The van der Waals surface area contributed by atoms with Crippen LogP contribution in [-0.4, -0.2) is 6.94 Å². The fraction of sp³-hybridized carbons (Fsp3) is 0.556. The molecule has 0 spiro atoms. The summed E-state index contributed by atoms with van der Waals surface area (Å²) in [6.07, 6.45) is 8.04. The van der Waals surface area contributed by atoms with E-state index < -0.39 is 15.7 Å². The molecule has 0 fully saturated rings. The summed E-state index contributed by atoms with van der Waals surface area (Å²) in [6, 6.07) is 0. The zero-order valence-corrected chi connectivity index (χ0v) is 17.4. The second-order valence-corrected chi connectivity index (χ2v) is 75.4. The minimum absolute atomic E-state index is 0. The van der Waals surface area contributed by atoms with E-state index in [9.17, 15) is 0 Å². The second-order valence-electron chi connectivity index (χ2n) is 6.92. The van der Waals surface area contributed by atoms with Gasteiger partial charge in [0.15, 0.2) is 0 Å². The van der Waals surface area contributed by atoms with Crippen molar-refractivity contribution in [2.45, 2.75) is 25.1 Å². The summed E-state index contributed by atoms with van der Waals surface area (Å²) in [5.74, 6) is 0. The van der Waals surface area contributed by atoms with Gasteiger partial charge in [-0.25, -0.2) is 0 Å². The summed E-state index contributed by atoms with van der Waals surface area (Å²) >= 11 is -2.84. The quantitative estimate of drug-likeness (QED) is 0.484. The molecule has 79 valence electrons. The first-order valence-electron chi connectivity index (χ1n) is 4.32. The van der Waals surface area contributed by atoms with E-state index in [1.165, 1.54) is 6.42 Å². The Bertz CT molecular complexity index is 317. The Morgan fingerprint density at radius 1 is 1.15 bits per heavy atom. The van der Waals surface area contributed by atoms with Gasteiger partial charge in [0.2, 0.25) is 0 Å². The van der Waals surface area contributed by atoms with Crippen molar-refractivity contribution >= 4 is 40.9 Å². The van der Waals surface area contributed by atoms with Crippen LogP contribution in [-0.2, 0) is 15.7 Å². The molecule has 0 unspecified atom stereocenters. The van der Waals surface area contributed by atoms with Crippen LogP contribution in [0.4, 0.5) is 0 Å². The molecule has 0 bridgehead atoms. The van der Waals surface area contributed by atoms with Crippen LogP contribution >= 0.6 is 34.0 Å². The van der Waals surface area contributed by atoms with E-state index >= 15 is 0 Å². The summed E-state index contributed by atoms with van der Waals surface area (Å²) in [5, 5.41) is 0.